The van der Waals surface area contributed by atoms with E-state index >= 15 is 0 Å². The smallest absolute Gasteiger partial charge is 0.253 e. The molecule has 3 aromatic rings. The summed E-state index contributed by atoms with van der Waals surface area (Å²) in [7, 11) is 0. The van der Waals surface area contributed by atoms with E-state index in [1.54, 1.807) is 4.90 Å². The molecular weight excluding hydrogens is 519 g/mol. The second-order valence-corrected chi connectivity index (χ2v) is 12.4. The van der Waals surface area contributed by atoms with E-state index in [-0.39, 0.29) is 28.7 Å². The number of alkyl halides is 1. The van der Waals surface area contributed by atoms with Crippen LogP contribution in [-0.4, -0.2) is 29.3 Å². The number of hydrogen-bond donors (Lipinski definition) is 1. The Morgan fingerprint density at radius 3 is 2.63 bits per heavy atom. The van der Waals surface area contributed by atoms with Crippen molar-refractivity contribution in [3.63, 3.8) is 0 Å². The lowest BCUT2D eigenvalue weighted by atomic mass is 9.57. The maximum absolute atomic E-state index is 13.6. The quantitative estimate of drug-likeness (QED) is 0.231. The maximum atomic E-state index is 13.6. The number of anilines is 2. The van der Waals surface area contributed by atoms with Gasteiger partial charge in [-0.3, -0.25) is 9.18 Å². The number of nitrogens with zero attached hydrogens (tertiary/aromatic N) is 3. The van der Waals surface area contributed by atoms with Gasteiger partial charge in [-0.15, -0.1) is 0 Å². The molecule has 1 saturated carbocycles. The summed E-state index contributed by atoms with van der Waals surface area (Å²) in [5.41, 5.74) is 6.07. The molecule has 1 amide bonds. The molecule has 0 unspecified atom stereocenters. The fourth-order valence-corrected chi connectivity index (χ4v) is 5.90. The number of carbonyl (C=O) groups is 1. The molecule has 0 saturated heterocycles. The summed E-state index contributed by atoms with van der Waals surface area (Å²) in [5, 5.41) is 7.44. The van der Waals surface area contributed by atoms with Crippen LogP contribution in [0.1, 0.15) is 64.6 Å². The van der Waals surface area contributed by atoms with Crippen molar-refractivity contribution in [2.45, 2.75) is 63.7 Å². The lowest BCUT2D eigenvalue weighted by molar-refractivity contribution is -0.115. The molecule has 1 N–H and O–H groups in total. The van der Waals surface area contributed by atoms with Crippen molar-refractivity contribution in [1.29, 1.82) is 0 Å². The van der Waals surface area contributed by atoms with Crippen LogP contribution in [0.3, 0.4) is 0 Å². The van der Waals surface area contributed by atoms with Crippen molar-refractivity contribution in [2.24, 2.45) is 0 Å². The number of ether oxygens (including phenoxy) is 1. The highest BCUT2D eigenvalue weighted by Gasteiger charge is 2.50. The predicted octanol–water partition coefficient (Wildman–Crippen LogP) is 7.38. The number of benzene rings is 2. The Morgan fingerprint density at radius 1 is 1.17 bits per heavy atom. The van der Waals surface area contributed by atoms with Gasteiger partial charge >= 0.3 is 0 Å². The first-order valence-corrected chi connectivity index (χ1v) is 14.0. The van der Waals surface area contributed by atoms with Crippen LogP contribution in [0.5, 0.6) is 5.75 Å². The molecule has 7 nitrogen and oxygen atoms in total. The molecule has 1 aromatic heterocycles. The van der Waals surface area contributed by atoms with Gasteiger partial charge in [0.05, 0.1) is 12.4 Å². The van der Waals surface area contributed by atoms with Crippen molar-refractivity contribution >= 4 is 17.3 Å². The molecule has 2 bridgehead atoms. The minimum atomic E-state index is -0.620. The van der Waals surface area contributed by atoms with E-state index < -0.39 is 6.67 Å². The summed E-state index contributed by atoms with van der Waals surface area (Å²) in [6.45, 7) is 13.8. The van der Waals surface area contributed by atoms with Crippen LogP contribution in [0, 0.1) is 0 Å². The second kappa shape index (κ2) is 10.0. The number of nitrogens with one attached hydrogen (secondary N) is 1. The van der Waals surface area contributed by atoms with Crippen molar-refractivity contribution in [2.75, 3.05) is 23.4 Å². The van der Waals surface area contributed by atoms with Gasteiger partial charge < -0.3 is 19.5 Å². The standard InChI is InChI=1S/C33H35FN4O3/c1-20(12-14-34)29(39)38(26-8-6-7-22(15-26)23-9-10-27-28(16-23)40-21(2)35-27)19-24-11-13-33(17-25(24)18-33)30-36-31(41-37-30)32(3,4)5/h6-10,15-16,35H,1-2,11-14,17-19H2,3-5H3. The molecule has 0 spiro atoms. The summed E-state index contributed by atoms with van der Waals surface area (Å²) in [4.78, 5) is 20.1. The molecule has 2 heterocycles. The monoisotopic (exact) mass is 554 g/mol. The predicted molar refractivity (Wildman–Crippen MR) is 158 cm³/mol. The molecule has 1 aliphatic heterocycles. The Balaban J connectivity index is 1.27. The zero-order chi connectivity index (χ0) is 28.9. The summed E-state index contributed by atoms with van der Waals surface area (Å²) >= 11 is 0. The SMILES string of the molecule is C=C1Nc2ccc(-c3cccc(N(CC4=C5CC(c6noc(C(C)(C)C)n6)(CC4)C5)C(=O)C(=C)CCF)c3)cc2O1. The molecular formula is C33H35FN4O3. The number of fused-ring (bicyclic) bond motifs is 3. The van der Waals surface area contributed by atoms with Crippen molar-refractivity contribution in [3.8, 4) is 16.9 Å². The minimum absolute atomic E-state index is 0.0109. The summed E-state index contributed by atoms with van der Waals surface area (Å²) in [6.07, 6.45) is 3.49. The molecule has 4 aliphatic rings. The highest BCUT2D eigenvalue weighted by Crippen LogP contribution is 2.56. The van der Waals surface area contributed by atoms with Gasteiger partial charge in [0.2, 0.25) is 5.89 Å². The van der Waals surface area contributed by atoms with Crippen LogP contribution in [0.15, 0.2) is 82.7 Å². The van der Waals surface area contributed by atoms with Crippen LogP contribution in [-0.2, 0) is 15.6 Å². The third-order valence-corrected chi connectivity index (χ3v) is 8.32. The summed E-state index contributed by atoms with van der Waals surface area (Å²) in [5.74, 6) is 2.39. The van der Waals surface area contributed by atoms with Crippen LogP contribution >= 0.6 is 0 Å². The summed E-state index contributed by atoms with van der Waals surface area (Å²) < 4.78 is 24.5. The number of aromatic nitrogens is 2. The average molecular weight is 555 g/mol. The van der Waals surface area contributed by atoms with E-state index in [4.69, 9.17) is 14.2 Å². The molecule has 41 heavy (non-hydrogen) atoms. The van der Waals surface area contributed by atoms with E-state index in [0.717, 1.165) is 54.0 Å². The first-order valence-electron chi connectivity index (χ1n) is 14.0. The molecule has 1 fully saturated rings. The van der Waals surface area contributed by atoms with Crippen molar-refractivity contribution in [3.05, 3.63) is 89.9 Å². The Hall–Kier alpha value is -4.20. The highest BCUT2D eigenvalue weighted by atomic mass is 19.1. The Morgan fingerprint density at radius 2 is 1.95 bits per heavy atom. The third kappa shape index (κ3) is 4.96. The first-order chi connectivity index (χ1) is 19.6. The number of carbonyl (C=O) groups excluding carboxylic acids is 1. The van der Waals surface area contributed by atoms with Crippen LogP contribution in [0.25, 0.3) is 11.1 Å². The Kier molecular flexibility index (Phi) is 6.59. The van der Waals surface area contributed by atoms with Crippen molar-refractivity contribution in [1.82, 2.24) is 10.1 Å². The zero-order valence-corrected chi connectivity index (χ0v) is 23.8. The first kappa shape index (κ1) is 27.0. The van der Waals surface area contributed by atoms with E-state index in [0.29, 0.717) is 24.1 Å². The van der Waals surface area contributed by atoms with E-state index in [1.165, 1.54) is 11.1 Å². The van der Waals surface area contributed by atoms with Gasteiger partial charge in [0.25, 0.3) is 5.91 Å². The molecule has 0 atom stereocenters. The molecule has 0 radical (unpaired) electrons. The van der Waals surface area contributed by atoms with E-state index in [9.17, 15) is 9.18 Å². The summed E-state index contributed by atoms with van der Waals surface area (Å²) in [6, 6.07) is 13.8. The topological polar surface area (TPSA) is 80.5 Å². The van der Waals surface area contributed by atoms with Gasteiger partial charge in [0.1, 0.15) is 0 Å². The van der Waals surface area contributed by atoms with Gasteiger partial charge in [-0.25, -0.2) is 0 Å². The number of rotatable bonds is 8. The number of hydrogen-bond acceptors (Lipinski definition) is 6. The highest BCUT2D eigenvalue weighted by molar-refractivity contribution is 6.05. The second-order valence-electron chi connectivity index (χ2n) is 12.4. The Labute approximate surface area is 239 Å². The largest absolute Gasteiger partial charge is 0.439 e. The van der Waals surface area contributed by atoms with E-state index in [2.05, 4.69) is 44.4 Å². The fourth-order valence-electron chi connectivity index (χ4n) is 5.90. The minimum Gasteiger partial charge on any atom is -0.439 e. The fraction of sp³-hybridized carbons (Fsp3) is 0.364. The van der Waals surface area contributed by atoms with Gasteiger partial charge in [-0.1, -0.05) is 61.9 Å². The zero-order valence-electron chi connectivity index (χ0n) is 23.8. The van der Waals surface area contributed by atoms with Crippen molar-refractivity contribution < 1.29 is 18.4 Å². The normalized spacial score (nSPS) is 16.9. The molecule has 2 aromatic carbocycles. The lowest BCUT2D eigenvalue weighted by Gasteiger charge is -2.48. The van der Waals surface area contributed by atoms with Gasteiger partial charge in [-0.2, -0.15) is 4.98 Å². The number of amides is 1. The third-order valence-electron chi connectivity index (χ3n) is 8.32. The molecule has 8 heteroatoms. The van der Waals surface area contributed by atoms with Gasteiger partial charge in [-0.05, 0) is 67.7 Å². The van der Waals surface area contributed by atoms with E-state index in [1.807, 2.05) is 42.5 Å². The molecule has 7 rings (SSSR count). The number of allylic oxidation sites excluding steroid dienone is 1. The average Bonchev–Trinajstić information content (AvgIpc) is 3.57. The Bertz CT molecular complexity index is 1590. The van der Waals surface area contributed by atoms with Gasteiger partial charge in [0.15, 0.2) is 17.5 Å². The number of halogens is 1. The lowest BCUT2D eigenvalue weighted by Crippen LogP contribution is -2.44. The molecule has 3 aliphatic carbocycles. The van der Waals surface area contributed by atoms with Crippen LogP contribution in [0.2, 0.25) is 0 Å². The van der Waals surface area contributed by atoms with Crippen LogP contribution < -0.4 is 15.0 Å². The van der Waals surface area contributed by atoms with Gasteiger partial charge in [0, 0.05) is 35.1 Å². The molecule has 212 valence electrons. The van der Waals surface area contributed by atoms with Crippen LogP contribution in [0.4, 0.5) is 15.8 Å². The maximum Gasteiger partial charge on any atom is 0.253 e.